The average Bonchev–Trinajstić information content (AvgIpc) is 3.13. The second kappa shape index (κ2) is 6.41. The van der Waals surface area contributed by atoms with Crippen molar-refractivity contribution in [3.8, 4) is 0 Å². The Morgan fingerprint density at radius 2 is 2.22 bits per heavy atom. The molecule has 1 amide bonds. The van der Waals surface area contributed by atoms with Crippen molar-refractivity contribution < 1.29 is 4.79 Å². The van der Waals surface area contributed by atoms with E-state index in [0.29, 0.717) is 23.0 Å². The molecular weight excluding hydrogens is 271 g/mol. The van der Waals surface area contributed by atoms with Gasteiger partial charge in [0, 0.05) is 23.2 Å². The van der Waals surface area contributed by atoms with E-state index >= 15 is 0 Å². The summed E-state index contributed by atoms with van der Waals surface area (Å²) in [5.41, 5.74) is 7.12. The van der Waals surface area contributed by atoms with Crippen LogP contribution in [-0.4, -0.2) is 18.5 Å². The summed E-state index contributed by atoms with van der Waals surface area (Å²) < 4.78 is 0. The van der Waals surface area contributed by atoms with Crippen molar-refractivity contribution in [3.05, 3.63) is 34.3 Å². The standard InChI is InChI=1S/C13H17ClN2O.ClH/c1-8-10(3-2-4-11(8)14)13(17)16-12(7-15)9-5-6-9;/h2-4,9,12H,5-7,15H2,1H3,(H,16,17);1H. The summed E-state index contributed by atoms with van der Waals surface area (Å²) in [5.74, 6) is 0.482. The zero-order valence-corrected chi connectivity index (χ0v) is 11.9. The number of rotatable bonds is 4. The molecule has 3 nitrogen and oxygen atoms in total. The van der Waals surface area contributed by atoms with Crippen LogP contribution in [0.1, 0.15) is 28.8 Å². The molecule has 100 valence electrons. The highest BCUT2D eigenvalue weighted by Crippen LogP contribution is 2.32. The fourth-order valence-electron chi connectivity index (χ4n) is 1.97. The molecule has 0 bridgehead atoms. The van der Waals surface area contributed by atoms with Gasteiger partial charge >= 0.3 is 0 Å². The van der Waals surface area contributed by atoms with Crippen LogP contribution in [0.4, 0.5) is 0 Å². The first kappa shape index (κ1) is 15.3. The monoisotopic (exact) mass is 288 g/mol. The van der Waals surface area contributed by atoms with Crippen molar-refractivity contribution in [1.82, 2.24) is 5.32 Å². The van der Waals surface area contributed by atoms with Crippen LogP contribution in [-0.2, 0) is 0 Å². The molecule has 3 N–H and O–H groups in total. The first-order valence-electron chi connectivity index (χ1n) is 5.89. The third-order valence-corrected chi connectivity index (χ3v) is 3.68. The molecule has 1 aliphatic rings. The van der Waals surface area contributed by atoms with E-state index in [9.17, 15) is 4.79 Å². The van der Waals surface area contributed by atoms with Gasteiger partial charge in [-0.25, -0.2) is 0 Å². The van der Waals surface area contributed by atoms with Crippen molar-refractivity contribution >= 4 is 29.9 Å². The van der Waals surface area contributed by atoms with Crippen molar-refractivity contribution in [2.75, 3.05) is 6.54 Å². The second-order valence-corrected chi connectivity index (χ2v) is 4.97. The quantitative estimate of drug-likeness (QED) is 0.895. The summed E-state index contributed by atoms with van der Waals surface area (Å²) >= 11 is 6.00. The van der Waals surface area contributed by atoms with E-state index in [2.05, 4.69) is 5.32 Å². The lowest BCUT2D eigenvalue weighted by atomic mass is 10.1. The summed E-state index contributed by atoms with van der Waals surface area (Å²) in [5, 5.41) is 3.61. The molecule has 0 aliphatic heterocycles. The Bertz CT molecular complexity index is 433. The van der Waals surface area contributed by atoms with Crippen LogP contribution < -0.4 is 11.1 Å². The Labute approximate surface area is 118 Å². The SMILES string of the molecule is Cc1c(Cl)cccc1C(=O)NC(CN)C1CC1.Cl. The van der Waals surface area contributed by atoms with Crippen LogP contribution in [0, 0.1) is 12.8 Å². The molecule has 0 heterocycles. The van der Waals surface area contributed by atoms with E-state index in [1.165, 1.54) is 0 Å². The number of halogens is 2. The molecule has 18 heavy (non-hydrogen) atoms. The van der Waals surface area contributed by atoms with Gasteiger partial charge in [0.1, 0.15) is 0 Å². The minimum absolute atomic E-state index is 0. The highest BCUT2D eigenvalue weighted by atomic mass is 35.5. The molecule has 0 aromatic heterocycles. The van der Waals surface area contributed by atoms with Crippen LogP contribution in [0.2, 0.25) is 5.02 Å². The normalized spacial score (nSPS) is 15.7. The van der Waals surface area contributed by atoms with Crippen LogP contribution >= 0.6 is 24.0 Å². The lowest BCUT2D eigenvalue weighted by Crippen LogP contribution is -2.41. The molecule has 1 unspecified atom stereocenters. The maximum Gasteiger partial charge on any atom is 0.251 e. The summed E-state index contributed by atoms with van der Waals surface area (Å²) in [7, 11) is 0. The third-order valence-electron chi connectivity index (χ3n) is 3.27. The smallest absolute Gasteiger partial charge is 0.251 e. The van der Waals surface area contributed by atoms with E-state index in [0.717, 1.165) is 18.4 Å². The van der Waals surface area contributed by atoms with Gasteiger partial charge in [0.25, 0.3) is 5.91 Å². The van der Waals surface area contributed by atoms with Crippen molar-refractivity contribution in [2.24, 2.45) is 11.7 Å². The molecule has 5 heteroatoms. The van der Waals surface area contributed by atoms with Crippen LogP contribution in [0.25, 0.3) is 0 Å². The average molecular weight is 289 g/mol. The fourth-order valence-corrected chi connectivity index (χ4v) is 2.14. The van der Waals surface area contributed by atoms with Crippen molar-refractivity contribution in [3.63, 3.8) is 0 Å². The predicted molar refractivity (Wildman–Crippen MR) is 76.5 cm³/mol. The zero-order valence-electron chi connectivity index (χ0n) is 10.3. The summed E-state index contributed by atoms with van der Waals surface area (Å²) in [4.78, 5) is 12.1. The van der Waals surface area contributed by atoms with Gasteiger partial charge in [-0.1, -0.05) is 17.7 Å². The molecule has 1 aromatic carbocycles. The Balaban J connectivity index is 0.00000162. The van der Waals surface area contributed by atoms with E-state index in [-0.39, 0.29) is 24.4 Å². The number of hydrogen-bond acceptors (Lipinski definition) is 2. The lowest BCUT2D eigenvalue weighted by molar-refractivity contribution is 0.0933. The lowest BCUT2D eigenvalue weighted by Gasteiger charge is -2.17. The molecule has 0 spiro atoms. The van der Waals surface area contributed by atoms with Gasteiger partial charge in [0.05, 0.1) is 0 Å². The van der Waals surface area contributed by atoms with Crippen molar-refractivity contribution in [2.45, 2.75) is 25.8 Å². The van der Waals surface area contributed by atoms with Crippen LogP contribution in [0.3, 0.4) is 0 Å². The molecule has 0 radical (unpaired) electrons. The molecule has 1 atom stereocenters. The Morgan fingerprint density at radius 1 is 1.56 bits per heavy atom. The summed E-state index contributed by atoms with van der Waals surface area (Å²) in [6, 6.07) is 5.46. The molecular formula is C13H18Cl2N2O. The molecule has 2 rings (SSSR count). The van der Waals surface area contributed by atoms with Gasteiger partial charge in [0.2, 0.25) is 0 Å². The number of hydrogen-bond donors (Lipinski definition) is 2. The Morgan fingerprint density at radius 3 is 2.78 bits per heavy atom. The number of nitrogens with one attached hydrogen (secondary N) is 1. The minimum Gasteiger partial charge on any atom is -0.348 e. The zero-order chi connectivity index (χ0) is 12.4. The Hall–Kier alpha value is -0.770. The highest BCUT2D eigenvalue weighted by Gasteiger charge is 2.31. The largest absolute Gasteiger partial charge is 0.348 e. The maximum absolute atomic E-state index is 12.1. The number of amides is 1. The van der Waals surface area contributed by atoms with Crippen LogP contribution in [0.15, 0.2) is 18.2 Å². The van der Waals surface area contributed by atoms with E-state index in [1.807, 2.05) is 6.92 Å². The van der Waals surface area contributed by atoms with Gasteiger partial charge in [0.15, 0.2) is 0 Å². The van der Waals surface area contributed by atoms with Crippen LogP contribution in [0.5, 0.6) is 0 Å². The van der Waals surface area contributed by atoms with Gasteiger partial charge in [-0.2, -0.15) is 0 Å². The van der Waals surface area contributed by atoms with Crippen molar-refractivity contribution in [1.29, 1.82) is 0 Å². The maximum atomic E-state index is 12.1. The summed E-state index contributed by atoms with van der Waals surface area (Å²) in [6.07, 6.45) is 2.33. The third kappa shape index (κ3) is 3.37. The number of carbonyl (C=O) groups is 1. The van der Waals surface area contributed by atoms with Gasteiger partial charge in [-0.05, 0) is 43.4 Å². The molecule has 1 fully saturated rings. The second-order valence-electron chi connectivity index (χ2n) is 4.57. The van der Waals surface area contributed by atoms with E-state index in [1.54, 1.807) is 18.2 Å². The topological polar surface area (TPSA) is 55.1 Å². The van der Waals surface area contributed by atoms with Gasteiger partial charge in [-0.15, -0.1) is 12.4 Å². The summed E-state index contributed by atoms with van der Waals surface area (Å²) in [6.45, 7) is 2.35. The number of carbonyl (C=O) groups excluding carboxylic acids is 1. The first-order chi connectivity index (χ1) is 8.13. The number of nitrogens with two attached hydrogens (primary N) is 1. The van der Waals surface area contributed by atoms with E-state index < -0.39 is 0 Å². The molecule has 0 saturated heterocycles. The molecule has 1 aliphatic carbocycles. The Kier molecular flexibility index (Phi) is 5.45. The van der Waals surface area contributed by atoms with E-state index in [4.69, 9.17) is 17.3 Å². The van der Waals surface area contributed by atoms with Gasteiger partial charge in [-0.3, -0.25) is 4.79 Å². The predicted octanol–water partition coefficient (Wildman–Crippen LogP) is 2.54. The first-order valence-corrected chi connectivity index (χ1v) is 6.27. The van der Waals surface area contributed by atoms with Gasteiger partial charge < -0.3 is 11.1 Å². The minimum atomic E-state index is -0.0765. The fraction of sp³-hybridized carbons (Fsp3) is 0.462. The number of benzene rings is 1. The molecule has 1 aromatic rings. The highest BCUT2D eigenvalue weighted by molar-refractivity contribution is 6.31. The molecule has 1 saturated carbocycles.